The summed E-state index contributed by atoms with van der Waals surface area (Å²) in [5, 5.41) is 15.8. The largest absolute Gasteiger partial charge is 0.354 e. The second-order valence-electron chi connectivity index (χ2n) is 6.85. The lowest BCUT2D eigenvalue weighted by atomic mass is 10.1. The molecular formula is C21H22N6OS. The molecule has 2 aromatic carbocycles. The van der Waals surface area contributed by atoms with E-state index in [1.807, 2.05) is 48.5 Å². The molecule has 7 nitrogen and oxygen atoms in total. The van der Waals surface area contributed by atoms with Gasteiger partial charge in [-0.15, -0.1) is 16.4 Å². The van der Waals surface area contributed by atoms with Crippen LogP contribution in [0.5, 0.6) is 0 Å². The van der Waals surface area contributed by atoms with Crippen LogP contribution in [0.1, 0.15) is 28.9 Å². The number of thiazole rings is 1. The summed E-state index contributed by atoms with van der Waals surface area (Å²) in [6, 6.07) is 17.6. The Morgan fingerprint density at radius 2 is 1.93 bits per heavy atom. The summed E-state index contributed by atoms with van der Waals surface area (Å²) in [5.74, 6) is 0.545. The molecule has 0 aliphatic heterocycles. The van der Waals surface area contributed by atoms with Crippen molar-refractivity contribution in [2.24, 2.45) is 0 Å². The third-order valence-electron chi connectivity index (χ3n) is 4.73. The zero-order chi connectivity index (χ0) is 20.1. The van der Waals surface area contributed by atoms with E-state index in [2.05, 4.69) is 31.9 Å². The molecule has 1 amide bonds. The fourth-order valence-electron chi connectivity index (χ4n) is 3.25. The zero-order valence-corrected chi connectivity index (χ0v) is 17.0. The maximum Gasteiger partial charge on any atom is 0.245 e. The number of nitrogens with zero attached hydrogens (tertiary/aromatic N) is 5. The minimum Gasteiger partial charge on any atom is -0.354 e. The molecule has 1 unspecified atom stereocenters. The third kappa shape index (κ3) is 4.65. The second kappa shape index (κ2) is 8.91. The van der Waals surface area contributed by atoms with E-state index in [1.54, 1.807) is 22.9 Å². The van der Waals surface area contributed by atoms with Crippen LogP contribution in [-0.4, -0.2) is 37.6 Å². The highest BCUT2D eigenvalue weighted by Crippen LogP contribution is 2.22. The van der Waals surface area contributed by atoms with E-state index in [0.29, 0.717) is 18.8 Å². The van der Waals surface area contributed by atoms with Gasteiger partial charge in [-0.3, -0.25) is 4.79 Å². The molecule has 29 heavy (non-hydrogen) atoms. The highest BCUT2D eigenvalue weighted by atomic mass is 32.1. The van der Waals surface area contributed by atoms with Gasteiger partial charge in [-0.2, -0.15) is 0 Å². The number of amides is 1. The number of aromatic nitrogens is 5. The van der Waals surface area contributed by atoms with Gasteiger partial charge in [0.05, 0.1) is 15.2 Å². The summed E-state index contributed by atoms with van der Waals surface area (Å²) < 4.78 is 2.79. The first-order chi connectivity index (χ1) is 14.2. The monoisotopic (exact) mass is 406 g/mol. The Hall–Kier alpha value is -3.13. The fourth-order valence-corrected chi connectivity index (χ4v) is 4.26. The van der Waals surface area contributed by atoms with E-state index in [0.717, 1.165) is 28.9 Å². The molecule has 0 radical (unpaired) electrons. The van der Waals surface area contributed by atoms with Crippen molar-refractivity contribution in [3.63, 3.8) is 0 Å². The quantitative estimate of drug-likeness (QED) is 0.455. The molecule has 4 rings (SSSR count). The average Bonchev–Trinajstić information content (AvgIpc) is 3.35. The Morgan fingerprint density at radius 3 is 2.69 bits per heavy atom. The zero-order valence-electron chi connectivity index (χ0n) is 16.2. The summed E-state index contributed by atoms with van der Waals surface area (Å²) in [5.41, 5.74) is 2.10. The lowest BCUT2D eigenvalue weighted by Gasteiger charge is -2.17. The van der Waals surface area contributed by atoms with Crippen molar-refractivity contribution < 1.29 is 4.79 Å². The molecule has 8 heteroatoms. The molecule has 4 aromatic rings. The maximum atomic E-state index is 12.9. The van der Waals surface area contributed by atoms with E-state index in [4.69, 9.17) is 0 Å². The van der Waals surface area contributed by atoms with Crippen molar-refractivity contribution in [3.8, 4) is 0 Å². The number of aryl methyl sites for hydroxylation is 2. The van der Waals surface area contributed by atoms with Crippen molar-refractivity contribution in [2.45, 2.75) is 32.2 Å². The van der Waals surface area contributed by atoms with Crippen molar-refractivity contribution in [3.05, 3.63) is 71.0 Å². The van der Waals surface area contributed by atoms with Crippen molar-refractivity contribution in [1.29, 1.82) is 0 Å². The van der Waals surface area contributed by atoms with Crippen LogP contribution in [0.25, 0.3) is 10.2 Å². The number of carbonyl (C=O) groups excluding carboxylic acids is 1. The summed E-state index contributed by atoms with van der Waals surface area (Å²) >= 11 is 1.71. The minimum atomic E-state index is -0.477. The van der Waals surface area contributed by atoms with Gasteiger partial charge in [-0.1, -0.05) is 42.5 Å². The van der Waals surface area contributed by atoms with Crippen molar-refractivity contribution in [2.75, 3.05) is 6.54 Å². The Labute approximate surface area is 172 Å². The Morgan fingerprint density at radius 1 is 1.14 bits per heavy atom. The van der Waals surface area contributed by atoms with Crippen molar-refractivity contribution in [1.82, 2.24) is 30.5 Å². The second-order valence-corrected chi connectivity index (χ2v) is 7.96. The van der Waals surface area contributed by atoms with Gasteiger partial charge in [-0.05, 0) is 41.5 Å². The Bertz CT molecular complexity index is 1060. The number of carbonyl (C=O) groups is 1. The molecule has 0 saturated carbocycles. The molecule has 0 aliphatic carbocycles. The van der Waals surface area contributed by atoms with Crippen LogP contribution in [0.3, 0.4) is 0 Å². The smallest absolute Gasteiger partial charge is 0.245 e. The number of hydrogen-bond donors (Lipinski definition) is 1. The van der Waals surface area contributed by atoms with Gasteiger partial charge in [-0.25, -0.2) is 9.67 Å². The van der Waals surface area contributed by atoms with Gasteiger partial charge in [0.2, 0.25) is 5.91 Å². The predicted molar refractivity (Wildman–Crippen MR) is 113 cm³/mol. The van der Waals surface area contributed by atoms with E-state index >= 15 is 0 Å². The SMILES string of the molecule is Cc1nnnn1C(Cc1ccccc1)C(=O)NCCCc1nc2ccccc2s1. The molecule has 148 valence electrons. The first-order valence-electron chi connectivity index (χ1n) is 9.61. The van der Waals surface area contributed by atoms with Gasteiger partial charge in [0, 0.05) is 19.4 Å². The van der Waals surface area contributed by atoms with Gasteiger partial charge < -0.3 is 5.32 Å². The highest BCUT2D eigenvalue weighted by Gasteiger charge is 2.23. The Balaban J connectivity index is 1.36. The fraction of sp³-hybridized carbons (Fsp3) is 0.286. The van der Waals surface area contributed by atoms with E-state index in [9.17, 15) is 4.79 Å². The predicted octanol–water partition coefficient (Wildman–Crippen LogP) is 3.12. The number of tetrazole rings is 1. The van der Waals surface area contributed by atoms with Gasteiger partial charge >= 0.3 is 0 Å². The van der Waals surface area contributed by atoms with E-state index < -0.39 is 6.04 Å². The molecule has 0 fully saturated rings. The molecular weight excluding hydrogens is 384 g/mol. The van der Waals surface area contributed by atoms with Gasteiger partial charge in [0.1, 0.15) is 11.9 Å². The van der Waals surface area contributed by atoms with E-state index in [1.165, 1.54) is 4.70 Å². The lowest BCUT2D eigenvalue weighted by molar-refractivity contribution is -0.124. The number of fused-ring (bicyclic) bond motifs is 1. The van der Waals surface area contributed by atoms with Crippen LogP contribution in [0.15, 0.2) is 54.6 Å². The van der Waals surface area contributed by atoms with Gasteiger partial charge in [0.15, 0.2) is 0 Å². The Kier molecular flexibility index (Phi) is 5.90. The number of nitrogens with one attached hydrogen (secondary N) is 1. The molecule has 1 atom stereocenters. The lowest BCUT2D eigenvalue weighted by Crippen LogP contribution is -2.35. The highest BCUT2D eigenvalue weighted by molar-refractivity contribution is 7.18. The summed E-state index contributed by atoms with van der Waals surface area (Å²) in [6.07, 6.45) is 2.21. The number of benzene rings is 2. The molecule has 0 bridgehead atoms. The molecule has 2 aromatic heterocycles. The van der Waals surface area contributed by atoms with Gasteiger partial charge in [0.25, 0.3) is 0 Å². The molecule has 1 N–H and O–H groups in total. The average molecular weight is 407 g/mol. The number of rotatable bonds is 8. The molecule has 0 spiro atoms. The number of hydrogen-bond acceptors (Lipinski definition) is 6. The summed E-state index contributed by atoms with van der Waals surface area (Å²) in [6.45, 7) is 2.39. The molecule has 2 heterocycles. The first-order valence-corrected chi connectivity index (χ1v) is 10.4. The van der Waals surface area contributed by atoms with Crippen LogP contribution in [0.2, 0.25) is 0 Å². The van der Waals surface area contributed by atoms with Crippen LogP contribution in [0.4, 0.5) is 0 Å². The molecule has 0 saturated heterocycles. The number of para-hydroxylation sites is 1. The van der Waals surface area contributed by atoms with Crippen LogP contribution < -0.4 is 5.32 Å². The van der Waals surface area contributed by atoms with Crippen LogP contribution in [0, 0.1) is 6.92 Å². The first kappa shape index (κ1) is 19.2. The van der Waals surface area contributed by atoms with Crippen LogP contribution >= 0.6 is 11.3 Å². The van der Waals surface area contributed by atoms with E-state index in [-0.39, 0.29) is 5.91 Å². The molecule has 0 aliphatic rings. The summed E-state index contributed by atoms with van der Waals surface area (Å²) in [4.78, 5) is 17.6. The summed E-state index contributed by atoms with van der Waals surface area (Å²) in [7, 11) is 0. The third-order valence-corrected chi connectivity index (χ3v) is 5.83. The normalized spacial score (nSPS) is 12.2. The topological polar surface area (TPSA) is 85.6 Å². The van der Waals surface area contributed by atoms with Crippen molar-refractivity contribution >= 4 is 27.5 Å². The standard InChI is InChI=1S/C21H22N6OS/c1-15-24-25-26-27(15)18(14-16-8-3-2-4-9-16)21(28)22-13-7-12-20-23-17-10-5-6-11-19(17)29-20/h2-6,8-11,18H,7,12-14H2,1H3,(H,22,28). The minimum absolute atomic E-state index is 0.0754. The van der Waals surface area contributed by atoms with Crippen LogP contribution in [-0.2, 0) is 17.6 Å². The maximum absolute atomic E-state index is 12.9.